The molecule has 0 heterocycles. The van der Waals surface area contributed by atoms with Crippen LogP contribution in [-0.2, 0) is 9.53 Å². The van der Waals surface area contributed by atoms with Gasteiger partial charge in [-0.05, 0) is 19.4 Å². The largest absolute Gasteiger partial charge is 0.375 e. The molecule has 0 saturated carbocycles. The summed E-state index contributed by atoms with van der Waals surface area (Å²) in [5, 5.41) is 5.35. The van der Waals surface area contributed by atoms with Gasteiger partial charge in [0, 0.05) is 20.2 Å². The fourth-order valence-electron chi connectivity index (χ4n) is 1.64. The number of hydrogen-bond donors (Lipinski definition) is 3. The quantitative estimate of drug-likeness (QED) is 0.705. The predicted molar refractivity (Wildman–Crippen MR) is 80.6 cm³/mol. The van der Waals surface area contributed by atoms with Crippen molar-refractivity contribution in [1.29, 1.82) is 0 Å². The van der Waals surface area contributed by atoms with Gasteiger partial charge >= 0.3 is 6.03 Å². The smallest absolute Gasteiger partial charge is 0.314 e. The van der Waals surface area contributed by atoms with Crippen LogP contribution in [0.3, 0.4) is 0 Å². The van der Waals surface area contributed by atoms with Gasteiger partial charge in [0.05, 0.1) is 11.5 Å². The Balaban J connectivity index is 2.43. The summed E-state index contributed by atoms with van der Waals surface area (Å²) < 4.78 is 5.35. The highest BCUT2D eigenvalue weighted by atomic mass is 16.5. The average molecular weight is 293 g/mol. The topological polar surface area (TPSA) is 93.4 Å². The number of hydrogen-bond acceptors (Lipinski definition) is 3. The molecule has 0 aliphatic carbocycles. The first-order valence-corrected chi connectivity index (χ1v) is 6.76. The number of primary amides is 1. The van der Waals surface area contributed by atoms with Crippen molar-refractivity contribution in [2.75, 3.05) is 20.2 Å². The van der Waals surface area contributed by atoms with Gasteiger partial charge in [0.25, 0.3) is 0 Å². The molecule has 0 bridgehead atoms. The molecule has 3 amide bonds. The standard InChI is InChI=1S/C15H23N3O3/c1-15(2,13(16)19)10-18-14(20)17-9-12(21-3)11-7-5-4-6-8-11/h4-8,12H,9-10H2,1-3H3,(H2,16,19)(H2,17,18,20)/t12-/m1/s1. The first-order chi connectivity index (χ1) is 9.86. The zero-order valence-corrected chi connectivity index (χ0v) is 12.7. The van der Waals surface area contributed by atoms with E-state index < -0.39 is 11.3 Å². The maximum atomic E-state index is 11.7. The summed E-state index contributed by atoms with van der Waals surface area (Å²) in [6.45, 7) is 3.87. The van der Waals surface area contributed by atoms with Crippen LogP contribution in [0, 0.1) is 5.41 Å². The Morgan fingerprint density at radius 3 is 2.38 bits per heavy atom. The van der Waals surface area contributed by atoms with Crippen LogP contribution in [0.2, 0.25) is 0 Å². The van der Waals surface area contributed by atoms with Crippen LogP contribution in [-0.4, -0.2) is 32.1 Å². The van der Waals surface area contributed by atoms with Crippen LogP contribution in [0.5, 0.6) is 0 Å². The van der Waals surface area contributed by atoms with Gasteiger partial charge in [0.15, 0.2) is 0 Å². The van der Waals surface area contributed by atoms with Crippen LogP contribution >= 0.6 is 0 Å². The van der Waals surface area contributed by atoms with Gasteiger partial charge < -0.3 is 21.1 Å². The van der Waals surface area contributed by atoms with E-state index >= 15 is 0 Å². The summed E-state index contributed by atoms with van der Waals surface area (Å²) in [5.74, 6) is -0.457. The molecule has 0 fully saturated rings. The van der Waals surface area contributed by atoms with E-state index in [4.69, 9.17) is 10.5 Å². The molecule has 1 atom stereocenters. The molecule has 1 rings (SSSR count). The first kappa shape index (κ1) is 17.0. The van der Waals surface area contributed by atoms with Crippen LogP contribution in [0.15, 0.2) is 30.3 Å². The summed E-state index contributed by atoms with van der Waals surface area (Å²) in [4.78, 5) is 22.9. The van der Waals surface area contributed by atoms with Gasteiger partial charge in [-0.2, -0.15) is 0 Å². The van der Waals surface area contributed by atoms with E-state index in [0.717, 1.165) is 5.56 Å². The molecule has 1 aromatic carbocycles. The molecule has 0 aromatic heterocycles. The Kier molecular flexibility index (Phi) is 6.17. The van der Waals surface area contributed by atoms with Crippen molar-refractivity contribution in [3.63, 3.8) is 0 Å². The highest BCUT2D eigenvalue weighted by Crippen LogP contribution is 2.15. The second kappa shape index (κ2) is 7.64. The monoisotopic (exact) mass is 293 g/mol. The molecule has 4 N–H and O–H groups in total. The van der Waals surface area contributed by atoms with Crippen molar-refractivity contribution in [3.05, 3.63) is 35.9 Å². The lowest BCUT2D eigenvalue weighted by Gasteiger charge is -2.21. The van der Waals surface area contributed by atoms with E-state index in [1.165, 1.54) is 0 Å². The maximum Gasteiger partial charge on any atom is 0.314 e. The van der Waals surface area contributed by atoms with Crippen LogP contribution < -0.4 is 16.4 Å². The van der Waals surface area contributed by atoms with Crippen molar-refractivity contribution in [2.24, 2.45) is 11.1 Å². The molecule has 0 radical (unpaired) electrons. The minimum atomic E-state index is -0.780. The third-order valence-corrected chi connectivity index (χ3v) is 3.26. The van der Waals surface area contributed by atoms with E-state index in [9.17, 15) is 9.59 Å². The second-order valence-electron chi connectivity index (χ2n) is 5.45. The third-order valence-electron chi connectivity index (χ3n) is 3.26. The molecule has 0 saturated heterocycles. The SMILES string of the molecule is CO[C@H](CNC(=O)NCC(C)(C)C(N)=O)c1ccccc1. The van der Waals surface area contributed by atoms with E-state index in [2.05, 4.69) is 10.6 Å². The molecular formula is C15H23N3O3. The van der Waals surface area contributed by atoms with Gasteiger partial charge in [-0.1, -0.05) is 30.3 Å². The second-order valence-corrected chi connectivity index (χ2v) is 5.45. The van der Waals surface area contributed by atoms with Crippen molar-refractivity contribution in [2.45, 2.75) is 20.0 Å². The number of nitrogens with two attached hydrogens (primary N) is 1. The molecule has 0 aliphatic rings. The van der Waals surface area contributed by atoms with Crippen molar-refractivity contribution >= 4 is 11.9 Å². The van der Waals surface area contributed by atoms with E-state index in [0.29, 0.717) is 6.54 Å². The number of benzene rings is 1. The Bertz CT molecular complexity index is 474. The van der Waals surface area contributed by atoms with E-state index in [-0.39, 0.29) is 18.7 Å². The molecule has 0 spiro atoms. The van der Waals surface area contributed by atoms with Crippen molar-refractivity contribution in [3.8, 4) is 0 Å². The third kappa shape index (κ3) is 5.43. The zero-order valence-electron chi connectivity index (χ0n) is 12.7. The number of urea groups is 1. The maximum absolute atomic E-state index is 11.7. The normalized spacial score (nSPS) is 12.5. The Hall–Kier alpha value is -2.08. The summed E-state index contributed by atoms with van der Waals surface area (Å²) in [7, 11) is 1.59. The van der Waals surface area contributed by atoms with E-state index in [1.807, 2.05) is 30.3 Å². The summed E-state index contributed by atoms with van der Waals surface area (Å²) in [6.07, 6.45) is -0.221. The van der Waals surface area contributed by atoms with Crippen molar-refractivity contribution < 1.29 is 14.3 Å². The zero-order chi connectivity index (χ0) is 15.9. The van der Waals surface area contributed by atoms with Crippen molar-refractivity contribution in [1.82, 2.24) is 10.6 Å². The van der Waals surface area contributed by atoms with Crippen LogP contribution in [0.25, 0.3) is 0 Å². The molecule has 21 heavy (non-hydrogen) atoms. The van der Waals surface area contributed by atoms with Gasteiger partial charge in [-0.3, -0.25) is 4.79 Å². The minimum Gasteiger partial charge on any atom is -0.375 e. The molecule has 0 unspecified atom stereocenters. The number of carbonyl (C=O) groups excluding carboxylic acids is 2. The lowest BCUT2D eigenvalue weighted by Crippen LogP contribution is -2.46. The molecule has 6 nitrogen and oxygen atoms in total. The number of amides is 3. The van der Waals surface area contributed by atoms with Crippen LogP contribution in [0.4, 0.5) is 4.79 Å². The van der Waals surface area contributed by atoms with Crippen LogP contribution in [0.1, 0.15) is 25.5 Å². The van der Waals surface area contributed by atoms with E-state index in [1.54, 1.807) is 21.0 Å². The molecule has 0 aliphatic heterocycles. The number of rotatable bonds is 7. The highest BCUT2D eigenvalue weighted by Gasteiger charge is 2.25. The number of ether oxygens (including phenoxy) is 1. The molecule has 6 heteroatoms. The Morgan fingerprint density at radius 2 is 1.86 bits per heavy atom. The fourth-order valence-corrected chi connectivity index (χ4v) is 1.64. The first-order valence-electron chi connectivity index (χ1n) is 6.76. The molecule has 1 aromatic rings. The van der Waals surface area contributed by atoms with Gasteiger partial charge in [-0.15, -0.1) is 0 Å². The Morgan fingerprint density at radius 1 is 1.24 bits per heavy atom. The molecular weight excluding hydrogens is 270 g/mol. The lowest BCUT2D eigenvalue weighted by molar-refractivity contribution is -0.125. The fraction of sp³-hybridized carbons (Fsp3) is 0.467. The highest BCUT2D eigenvalue weighted by molar-refractivity contribution is 5.81. The summed E-state index contributed by atoms with van der Waals surface area (Å²) in [6, 6.07) is 9.26. The lowest BCUT2D eigenvalue weighted by atomic mass is 9.93. The van der Waals surface area contributed by atoms with Gasteiger partial charge in [-0.25, -0.2) is 4.79 Å². The summed E-state index contributed by atoms with van der Waals surface area (Å²) >= 11 is 0. The molecule has 116 valence electrons. The number of carbonyl (C=O) groups is 2. The van der Waals surface area contributed by atoms with Gasteiger partial charge in [0.1, 0.15) is 0 Å². The minimum absolute atomic E-state index is 0.178. The number of nitrogens with one attached hydrogen (secondary N) is 2. The number of methoxy groups -OCH3 is 1. The predicted octanol–water partition coefficient (Wildman–Crippen LogP) is 1.18. The summed E-state index contributed by atoms with van der Waals surface area (Å²) in [5.41, 5.74) is 5.45. The average Bonchev–Trinajstić information content (AvgIpc) is 2.47. The Labute approximate surface area is 125 Å². The van der Waals surface area contributed by atoms with Gasteiger partial charge in [0.2, 0.25) is 5.91 Å².